The monoisotopic (exact) mass is 377 g/mol. The van der Waals surface area contributed by atoms with Gasteiger partial charge < -0.3 is 5.32 Å². The van der Waals surface area contributed by atoms with Crippen LogP contribution < -0.4 is 10.0 Å². The minimum atomic E-state index is -3.74. The number of sulfonamides is 1. The highest BCUT2D eigenvalue weighted by Crippen LogP contribution is 2.21. The summed E-state index contributed by atoms with van der Waals surface area (Å²) in [6.07, 6.45) is 1.34. The van der Waals surface area contributed by atoms with E-state index in [4.69, 9.17) is 11.6 Å². The highest BCUT2D eigenvalue weighted by molar-refractivity contribution is 7.92. The van der Waals surface area contributed by atoms with Crippen LogP contribution in [0.4, 0.5) is 21.6 Å². The molecule has 2 N–H and O–H groups in total. The maximum atomic E-state index is 13.6. The van der Waals surface area contributed by atoms with Crippen LogP contribution in [0, 0.1) is 5.82 Å². The van der Waals surface area contributed by atoms with Crippen LogP contribution in [0.25, 0.3) is 0 Å². The van der Waals surface area contributed by atoms with Gasteiger partial charge in [-0.3, -0.25) is 4.72 Å². The largest absolute Gasteiger partial charge is 0.338 e. The number of nitrogens with one attached hydrogen (secondary N) is 2. The van der Waals surface area contributed by atoms with Crippen LogP contribution in [0.2, 0.25) is 5.02 Å². The first-order valence-electron chi connectivity index (χ1n) is 7.20. The minimum absolute atomic E-state index is 0.0884. The second-order valence-corrected chi connectivity index (χ2v) is 7.22. The fourth-order valence-electron chi connectivity index (χ4n) is 2.06. The number of nitrogens with zero attached hydrogens (tertiary/aromatic N) is 1. The Morgan fingerprint density at radius 1 is 0.960 bits per heavy atom. The van der Waals surface area contributed by atoms with Gasteiger partial charge in [-0.2, -0.15) is 0 Å². The molecule has 128 valence electrons. The molecule has 0 saturated carbocycles. The first-order chi connectivity index (χ1) is 11.9. The van der Waals surface area contributed by atoms with Crippen molar-refractivity contribution in [2.45, 2.75) is 4.90 Å². The number of hydrogen-bond donors (Lipinski definition) is 2. The van der Waals surface area contributed by atoms with E-state index in [1.165, 1.54) is 42.6 Å². The van der Waals surface area contributed by atoms with Gasteiger partial charge in [0.1, 0.15) is 11.6 Å². The van der Waals surface area contributed by atoms with Gasteiger partial charge in [-0.15, -0.1) is 0 Å². The van der Waals surface area contributed by atoms with Crippen LogP contribution >= 0.6 is 11.6 Å². The van der Waals surface area contributed by atoms with E-state index in [0.29, 0.717) is 10.8 Å². The third-order valence-electron chi connectivity index (χ3n) is 3.28. The molecular weight excluding hydrogens is 365 g/mol. The number of anilines is 3. The average molecular weight is 378 g/mol. The first-order valence-corrected chi connectivity index (χ1v) is 9.06. The predicted octanol–water partition coefficient (Wildman–Crippen LogP) is 4.42. The van der Waals surface area contributed by atoms with Crippen molar-refractivity contribution in [1.82, 2.24) is 4.98 Å². The molecule has 0 aliphatic carbocycles. The molecule has 8 heteroatoms. The average Bonchev–Trinajstić information content (AvgIpc) is 2.59. The fraction of sp³-hybridized carbons (Fsp3) is 0. The lowest BCUT2D eigenvalue weighted by Gasteiger charge is -2.10. The van der Waals surface area contributed by atoms with Crippen molar-refractivity contribution in [3.8, 4) is 0 Å². The Morgan fingerprint density at radius 3 is 2.32 bits per heavy atom. The topological polar surface area (TPSA) is 71.1 Å². The highest BCUT2D eigenvalue weighted by Gasteiger charge is 2.14. The fourth-order valence-corrected chi connectivity index (χ4v) is 3.23. The molecule has 0 unspecified atom stereocenters. The van der Waals surface area contributed by atoms with E-state index in [9.17, 15) is 12.8 Å². The van der Waals surface area contributed by atoms with Gasteiger partial charge in [0, 0.05) is 5.02 Å². The Bertz CT molecular complexity index is 978. The summed E-state index contributed by atoms with van der Waals surface area (Å²) >= 11 is 5.76. The summed E-state index contributed by atoms with van der Waals surface area (Å²) in [5, 5.41) is 3.27. The maximum Gasteiger partial charge on any atom is 0.261 e. The van der Waals surface area contributed by atoms with Gasteiger partial charge in [-0.25, -0.2) is 17.8 Å². The van der Waals surface area contributed by atoms with Crippen molar-refractivity contribution in [3.63, 3.8) is 0 Å². The summed E-state index contributed by atoms with van der Waals surface area (Å²) in [5.74, 6) is -0.0173. The molecule has 5 nitrogen and oxygen atoms in total. The number of hydrogen-bond acceptors (Lipinski definition) is 4. The van der Waals surface area contributed by atoms with Crippen molar-refractivity contribution < 1.29 is 12.8 Å². The molecule has 2 aromatic carbocycles. The third-order valence-corrected chi connectivity index (χ3v) is 4.93. The Labute approximate surface area is 149 Å². The highest BCUT2D eigenvalue weighted by atomic mass is 35.5. The number of rotatable bonds is 5. The van der Waals surface area contributed by atoms with E-state index in [-0.39, 0.29) is 16.3 Å². The summed E-state index contributed by atoms with van der Waals surface area (Å²) in [7, 11) is -3.74. The van der Waals surface area contributed by atoms with Crippen LogP contribution in [0.3, 0.4) is 0 Å². The molecular formula is C17H13ClFN3O2S. The molecule has 1 heterocycles. The van der Waals surface area contributed by atoms with Gasteiger partial charge in [0.25, 0.3) is 10.0 Å². The zero-order valence-electron chi connectivity index (χ0n) is 12.8. The zero-order chi connectivity index (χ0) is 17.9. The molecule has 0 saturated heterocycles. The Kier molecular flexibility index (Phi) is 4.87. The number of para-hydroxylation sites is 1. The van der Waals surface area contributed by atoms with E-state index in [0.717, 1.165) is 0 Å². The van der Waals surface area contributed by atoms with E-state index >= 15 is 0 Å². The van der Waals surface area contributed by atoms with Crippen molar-refractivity contribution in [3.05, 3.63) is 77.7 Å². The van der Waals surface area contributed by atoms with Crippen molar-refractivity contribution in [2.24, 2.45) is 0 Å². The lowest BCUT2D eigenvalue weighted by atomic mass is 10.3. The molecule has 1 aromatic heterocycles. The van der Waals surface area contributed by atoms with Gasteiger partial charge >= 0.3 is 0 Å². The lowest BCUT2D eigenvalue weighted by molar-refractivity contribution is 0.601. The summed E-state index contributed by atoms with van der Waals surface area (Å²) < 4.78 is 40.6. The molecule has 0 amide bonds. The Hall–Kier alpha value is -2.64. The molecule has 0 atom stereocenters. The normalized spacial score (nSPS) is 11.1. The molecule has 3 rings (SSSR count). The van der Waals surface area contributed by atoms with E-state index in [1.807, 2.05) is 0 Å². The summed E-state index contributed by atoms with van der Waals surface area (Å²) in [5.41, 5.74) is 0.568. The molecule has 0 bridgehead atoms. The van der Waals surface area contributed by atoms with Crippen molar-refractivity contribution in [2.75, 3.05) is 10.0 Å². The lowest BCUT2D eigenvalue weighted by Crippen LogP contribution is -2.13. The van der Waals surface area contributed by atoms with Crippen LogP contribution in [0.15, 0.2) is 71.8 Å². The SMILES string of the molecule is O=S(=O)(Nc1ccc(Nc2ccccc2F)nc1)c1ccc(Cl)cc1. The summed E-state index contributed by atoms with van der Waals surface area (Å²) in [4.78, 5) is 4.17. The number of aromatic nitrogens is 1. The number of halogens is 2. The van der Waals surface area contributed by atoms with Crippen LogP contribution in [0.5, 0.6) is 0 Å². The van der Waals surface area contributed by atoms with E-state index < -0.39 is 15.8 Å². The smallest absolute Gasteiger partial charge is 0.261 e. The van der Waals surface area contributed by atoms with Gasteiger partial charge in [0.2, 0.25) is 0 Å². The minimum Gasteiger partial charge on any atom is -0.338 e. The van der Waals surface area contributed by atoms with E-state index in [2.05, 4.69) is 15.0 Å². The van der Waals surface area contributed by atoms with Gasteiger partial charge in [-0.1, -0.05) is 23.7 Å². The molecule has 0 radical (unpaired) electrons. The molecule has 0 aliphatic rings. The van der Waals surface area contributed by atoms with Gasteiger partial charge in [0.05, 0.1) is 22.5 Å². The quantitative estimate of drug-likeness (QED) is 0.690. The van der Waals surface area contributed by atoms with Crippen molar-refractivity contribution in [1.29, 1.82) is 0 Å². The molecule has 25 heavy (non-hydrogen) atoms. The molecule has 0 aliphatic heterocycles. The Morgan fingerprint density at radius 2 is 1.68 bits per heavy atom. The van der Waals surface area contributed by atoms with E-state index in [1.54, 1.807) is 24.3 Å². The third kappa shape index (κ3) is 4.26. The number of benzene rings is 2. The second kappa shape index (κ2) is 7.08. The molecule has 0 fully saturated rings. The summed E-state index contributed by atoms with van der Waals surface area (Å²) in [6.45, 7) is 0. The first kappa shape index (κ1) is 17.2. The van der Waals surface area contributed by atoms with Crippen LogP contribution in [-0.4, -0.2) is 13.4 Å². The predicted molar refractivity (Wildman–Crippen MR) is 96.2 cm³/mol. The van der Waals surface area contributed by atoms with Gasteiger partial charge in [-0.05, 0) is 48.5 Å². The van der Waals surface area contributed by atoms with Gasteiger partial charge in [0.15, 0.2) is 0 Å². The maximum absolute atomic E-state index is 13.6. The van der Waals surface area contributed by atoms with Crippen LogP contribution in [0.1, 0.15) is 0 Å². The van der Waals surface area contributed by atoms with Crippen molar-refractivity contribution >= 4 is 38.8 Å². The Balaban J connectivity index is 1.74. The second-order valence-electron chi connectivity index (χ2n) is 5.10. The molecule has 0 spiro atoms. The number of pyridine rings is 1. The van der Waals surface area contributed by atoms with Crippen LogP contribution in [-0.2, 0) is 10.0 Å². The zero-order valence-corrected chi connectivity index (χ0v) is 14.4. The standard InChI is InChI=1S/C17H13ClFN3O2S/c18-12-5-8-14(9-6-12)25(23,24)22-13-7-10-17(20-11-13)21-16-4-2-1-3-15(16)19/h1-11,22H,(H,20,21). The summed E-state index contributed by atoms with van der Waals surface area (Å²) in [6, 6.07) is 15.1. The molecule has 3 aromatic rings.